The maximum Gasteiger partial charge on any atom is 0.472 e. The van der Waals surface area contributed by atoms with Crippen molar-refractivity contribution < 1.29 is 37.3 Å². The van der Waals surface area contributed by atoms with Crippen molar-refractivity contribution in [1.29, 1.82) is 0 Å². The summed E-state index contributed by atoms with van der Waals surface area (Å²) >= 11 is 0. The van der Waals surface area contributed by atoms with E-state index >= 15 is 0 Å². The smallest absolute Gasteiger partial charge is 0.457 e. The summed E-state index contributed by atoms with van der Waals surface area (Å²) in [4.78, 5) is 22.8. The van der Waals surface area contributed by atoms with E-state index in [9.17, 15) is 14.3 Å². The van der Waals surface area contributed by atoms with Gasteiger partial charge < -0.3 is 18.9 Å². The fraction of sp³-hybridized carbons (Fsp3) is 0.889. The van der Waals surface area contributed by atoms with Gasteiger partial charge in [-0.1, -0.05) is 173 Å². The van der Waals surface area contributed by atoms with Crippen LogP contribution in [0, 0.1) is 0 Å². The van der Waals surface area contributed by atoms with Crippen LogP contribution in [0.4, 0.5) is 0 Å². The zero-order valence-corrected chi connectivity index (χ0v) is 37.1. The Hall–Kier alpha value is -1.02. The number of phosphoric ester groups is 1. The van der Waals surface area contributed by atoms with Crippen LogP contribution in [-0.2, 0) is 27.9 Å². The lowest BCUT2D eigenvalue weighted by molar-refractivity contribution is -0.870. The predicted octanol–water partition coefficient (Wildman–Crippen LogP) is 13.2. The van der Waals surface area contributed by atoms with Crippen molar-refractivity contribution >= 4 is 13.8 Å². The molecule has 1 N–H and O–H groups in total. The topological polar surface area (TPSA) is 91.3 Å². The van der Waals surface area contributed by atoms with Crippen LogP contribution < -0.4 is 0 Å². The van der Waals surface area contributed by atoms with Crippen molar-refractivity contribution in [1.82, 2.24) is 0 Å². The molecule has 320 valence electrons. The first-order chi connectivity index (χ1) is 26.1. The lowest BCUT2D eigenvalue weighted by atomic mass is 10.0. The van der Waals surface area contributed by atoms with Crippen molar-refractivity contribution in [2.24, 2.45) is 0 Å². The number of allylic oxidation sites excluding steroid dienone is 4. The number of hydrogen-bond donors (Lipinski definition) is 1. The minimum absolute atomic E-state index is 0.0903. The van der Waals surface area contributed by atoms with E-state index in [4.69, 9.17) is 18.5 Å². The summed E-state index contributed by atoms with van der Waals surface area (Å²) in [5.74, 6) is -0.315. The Balaban J connectivity index is 3.97. The molecule has 0 spiro atoms. The quantitative estimate of drug-likeness (QED) is 0.0217. The van der Waals surface area contributed by atoms with Gasteiger partial charge in [0.15, 0.2) is 0 Å². The normalized spacial score (nSPS) is 14.0. The number of likely N-dealkylation sites (N-methyl/N-ethyl adjacent to an activating group) is 1. The van der Waals surface area contributed by atoms with Gasteiger partial charge in [0.05, 0.1) is 34.4 Å². The summed E-state index contributed by atoms with van der Waals surface area (Å²) in [7, 11) is 1.67. The molecule has 0 heterocycles. The number of nitrogens with zero attached hydrogens (tertiary/aromatic N) is 1. The molecule has 0 aromatic rings. The van der Waals surface area contributed by atoms with E-state index in [1.807, 2.05) is 21.1 Å². The van der Waals surface area contributed by atoms with Gasteiger partial charge in [-0.25, -0.2) is 4.57 Å². The van der Waals surface area contributed by atoms with E-state index < -0.39 is 13.9 Å². The molecule has 2 unspecified atom stereocenters. The van der Waals surface area contributed by atoms with Crippen molar-refractivity contribution in [3.63, 3.8) is 0 Å². The molecule has 0 saturated carbocycles. The highest BCUT2D eigenvalue weighted by molar-refractivity contribution is 7.47. The number of unbranched alkanes of at least 4 members (excludes halogenated alkanes) is 24. The number of carbonyl (C=O) groups excluding carboxylic acids is 1. The van der Waals surface area contributed by atoms with E-state index in [2.05, 4.69) is 38.2 Å². The molecule has 0 aliphatic rings. The Labute approximate surface area is 334 Å². The maximum atomic E-state index is 12.6. The molecular weight excluding hydrogens is 697 g/mol. The van der Waals surface area contributed by atoms with E-state index in [-0.39, 0.29) is 25.8 Å². The lowest BCUT2D eigenvalue weighted by Crippen LogP contribution is -2.37. The molecule has 0 amide bonds. The second kappa shape index (κ2) is 38.8. The first kappa shape index (κ1) is 53.0. The number of esters is 1. The monoisotopic (exact) mass is 787 g/mol. The van der Waals surface area contributed by atoms with Crippen molar-refractivity contribution in [3.8, 4) is 0 Å². The van der Waals surface area contributed by atoms with Crippen molar-refractivity contribution in [2.75, 3.05) is 54.1 Å². The van der Waals surface area contributed by atoms with Gasteiger partial charge in [-0.3, -0.25) is 13.8 Å². The Morgan fingerprint density at radius 2 is 1.02 bits per heavy atom. The second-order valence-corrected chi connectivity index (χ2v) is 17.9. The lowest BCUT2D eigenvalue weighted by Gasteiger charge is -2.24. The van der Waals surface area contributed by atoms with Gasteiger partial charge in [-0.05, 0) is 44.9 Å². The van der Waals surface area contributed by atoms with Gasteiger partial charge >= 0.3 is 13.8 Å². The largest absolute Gasteiger partial charge is 0.472 e. The van der Waals surface area contributed by atoms with Gasteiger partial charge in [0.25, 0.3) is 0 Å². The Morgan fingerprint density at radius 3 is 1.50 bits per heavy atom. The van der Waals surface area contributed by atoms with Crippen LogP contribution in [0.1, 0.15) is 200 Å². The first-order valence-electron chi connectivity index (χ1n) is 22.6. The van der Waals surface area contributed by atoms with Crippen LogP contribution in [0.5, 0.6) is 0 Å². The van der Waals surface area contributed by atoms with Crippen LogP contribution in [0.15, 0.2) is 24.3 Å². The number of rotatable bonds is 42. The summed E-state index contributed by atoms with van der Waals surface area (Å²) in [6, 6.07) is 0. The fourth-order valence-corrected chi connectivity index (χ4v) is 6.97. The molecule has 0 aliphatic carbocycles. The van der Waals surface area contributed by atoms with Crippen LogP contribution in [0.25, 0.3) is 0 Å². The first-order valence-corrected chi connectivity index (χ1v) is 24.1. The molecule has 0 saturated heterocycles. The molecule has 0 bridgehead atoms. The van der Waals surface area contributed by atoms with Crippen LogP contribution >= 0.6 is 7.82 Å². The highest BCUT2D eigenvalue weighted by Crippen LogP contribution is 2.43. The third-order valence-electron chi connectivity index (χ3n) is 9.77. The minimum atomic E-state index is -4.26. The molecule has 54 heavy (non-hydrogen) atoms. The van der Waals surface area contributed by atoms with E-state index in [0.717, 1.165) is 38.5 Å². The van der Waals surface area contributed by atoms with Gasteiger partial charge in [-0.15, -0.1) is 0 Å². The van der Waals surface area contributed by atoms with Crippen LogP contribution in [-0.4, -0.2) is 75.6 Å². The molecule has 8 nitrogen and oxygen atoms in total. The van der Waals surface area contributed by atoms with Crippen LogP contribution in [0.3, 0.4) is 0 Å². The molecule has 0 radical (unpaired) electrons. The van der Waals surface area contributed by atoms with Crippen molar-refractivity contribution in [2.45, 2.75) is 206 Å². The average molecular weight is 787 g/mol. The minimum Gasteiger partial charge on any atom is -0.457 e. The molecule has 2 atom stereocenters. The highest BCUT2D eigenvalue weighted by atomic mass is 31.2. The predicted molar refractivity (Wildman–Crippen MR) is 229 cm³/mol. The number of hydrogen-bond acceptors (Lipinski definition) is 6. The van der Waals surface area contributed by atoms with E-state index in [1.165, 1.54) is 141 Å². The summed E-state index contributed by atoms with van der Waals surface area (Å²) < 4.78 is 34.8. The zero-order valence-electron chi connectivity index (χ0n) is 36.2. The van der Waals surface area contributed by atoms with E-state index in [1.54, 1.807) is 0 Å². The van der Waals surface area contributed by atoms with Crippen molar-refractivity contribution in [3.05, 3.63) is 24.3 Å². The van der Waals surface area contributed by atoms with Gasteiger partial charge in [-0.2, -0.15) is 0 Å². The molecule has 0 aliphatic heterocycles. The Kier molecular flexibility index (Phi) is 38.1. The standard InChI is InChI=1S/C45H88NO7P/c1-6-8-10-12-14-15-16-17-18-19-20-21-22-23-24-25-26-27-28-29-30-31-32-34-36-38-45(47)53-44(42-50-40-37-35-33-13-11-9-7-2)43-52-54(48,49)51-41-39-46(3,4)5/h16-17,19-20,44H,6-15,18,21-43H2,1-5H3/p+1/b17-16-,20-19-. The average Bonchev–Trinajstić information content (AvgIpc) is 3.12. The molecule has 0 aromatic carbocycles. The number of ether oxygens (including phenoxy) is 2. The third-order valence-corrected chi connectivity index (χ3v) is 10.7. The molecular formula is C45H89NO7P+. The highest BCUT2D eigenvalue weighted by Gasteiger charge is 2.26. The summed E-state index contributed by atoms with van der Waals surface area (Å²) in [5, 5.41) is 0. The molecule has 0 fully saturated rings. The SMILES string of the molecule is CCCCCCC/C=C\C/C=C\CCCCCCCCCCCCCCCC(=O)OC(COCCCCCCCCC)COP(=O)(O)OCC[N+](C)(C)C. The third kappa shape index (κ3) is 42.1. The summed E-state index contributed by atoms with van der Waals surface area (Å²) in [5.41, 5.74) is 0. The number of phosphoric acid groups is 1. The van der Waals surface area contributed by atoms with Gasteiger partial charge in [0, 0.05) is 13.0 Å². The van der Waals surface area contributed by atoms with Crippen LogP contribution in [0.2, 0.25) is 0 Å². The maximum absolute atomic E-state index is 12.6. The second-order valence-electron chi connectivity index (χ2n) is 16.4. The number of carbonyl (C=O) groups is 1. The molecule has 9 heteroatoms. The zero-order chi connectivity index (χ0) is 39.9. The Morgan fingerprint density at radius 1 is 0.574 bits per heavy atom. The van der Waals surface area contributed by atoms with Gasteiger partial charge in [0.1, 0.15) is 19.3 Å². The molecule has 0 rings (SSSR count). The fourth-order valence-electron chi connectivity index (χ4n) is 6.23. The summed E-state index contributed by atoms with van der Waals surface area (Å²) in [6.07, 6.45) is 43.7. The number of quaternary nitrogens is 1. The van der Waals surface area contributed by atoms with Gasteiger partial charge in [0.2, 0.25) is 0 Å². The Bertz CT molecular complexity index is 920. The molecule has 0 aromatic heterocycles. The summed E-state index contributed by atoms with van der Waals surface area (Å²) in [6.45, 7) is 5.60. The van der Waals surface area contributed by atoms with E-state index in [0.29, 0.717) is 24.1 Å².